The summed E-state index contributed by atoms with van der Waals surface area (Å²) in [6.07, 6.45) is 3.89. The maximum absolute atomic E-state index is 12.1. The van der Waals surface area contributed by atoms with Gasteiger partial charge < -0.3 is 5.73 Å². The lowest BCUT2D eigenvalue weighted by atomic mass is 10.0. The maximum atomic E-state index is 12.1. The lowest BCUT2D eigenvalue weighted by Crippen LogP contribution is -2.41. The van der Waals surface area contributed by atoms with Gasteiger partial charge in [0, 0.05) is 43.7 Å². The van der Waals surface area contributed by atoms with Gasteiger partial charge in [0.2, 0.25) is 0 Å². The molecule has 0 unspecified atom stereocenters. The van der Waals surface area contributed by atoms with Crippen LogP contribution in [0, 0.1) is 16.7 Å². The second kappa shape index (κ2) is 4.78. The molecule has 1 heterocycles. The smallest absolute Gasteiger partial charge is 0.329 e. The number of nitrogens with two attached hydrogens (primary N) is 1. The van der Waals surface area contributed by atoms with Gasteiger partial charge in [0.1, 0.15) is 0 Å². The molecule has 1 aliphatic carbocycles. The predicted octanol–water partition coefficient (Wildman–Crippen LogP) is -0.337. The average molecular weight is 248 g/mol. The molecule has 1 aromatic rings. The monoisotopic (exact) mass is 248 g/mol. The molecule has 0 aromatic carbocycles. The Morgan fingerprint density at radius 3 is 2.72 bits per heavy atom. The van der Waals surface area contributed by atoms with E-state index in [1.165, 1.54) is 16.8 Å². The third-order valence-electron chi connectivity index (χ3n) is 3.41. The first-order valence-corrected chi connectivity index (χ1v) is 5.99. The fourth-order valence-corrected chi connectivity index (χ4v) is 2.11. The quantitative estimate of drug-likeness (QED) is 0.771. The molecule has 96 valence electrons. The third-order valence-corrected chi connectivity index (χ3v) is 3.41. The second-order valence-corrected chi connectivity index (χ2v) is 4.84. The summed E-state index contributed by atoms with van der Waals surface area (Å²) in [5.74, 6) is 0. The minimum absolute atomic E-state index is 0.0660. The molecule has 2 N–H and O–H groups in total. The SMILES string of the molecule is N#CCC1(Cn2ccc(=O)n(CCN)c2=O)CC1. The Labute approximate surface area is 104 Å². The molecule has 0 saturated heterocycles. The standard InChI is InChI=1S/C12H16N4O2/c13-5-4-12(2-3-12)9-15-7-1-10(17)16(8-6-14)11(15)18/h1,7H,2-4,6,8-9,14H2. The molecule has 0 amide bonds. The molecule has 6 nitrogen and oxygen atoms in total. The highest BCUT2D eigenvalue weighted by molar-refractivity contribution is 5.00. The fraction of sp³-hybridized carbons (Fsp3) is 0.583. The van der Waals surface area contributed by atoms with Crippen LogP contribution in [0.25, 0.3) is 0 Å². The van der Waals surface area contributed by atoms with Crippen LogP contribution in [0.1, 0.15) is 19.3 Å². The first kappa shape index (κ1) is 12.6. The normalized spacial score (nSPS) is 16.2. The Kier molecular flexibility index (Phi) is 3.34. The van der Waals surface area contributed by atoms with E-state index in [0.717, 1.165) is 17.4 Å². The summed E-state index contributed by atoms with van der Waals surface area (Å²) in [6.45, 7) is 0.983. The summed E-state index contributed by atoms with van der Waals surface area (Å²) in [6, 6.07) is 3.53. The van der Waals surface area contributed by atoms with Crippen LogP contribution in [-0.2, 0) is 13.1 Å². The van der Waals surface area contributed by atoms with Crippen molar-refractivity contribution in [2.75, 3.05) is 6.54 Å². The molecule has 0 atom stereocenters. The minimum Gasteiger partial charge on any atom is -0.329 e. The van der Waals surface area contributed by atoms with Crippen molar-refractivity contribution in [2.24, 2.45) is 11.1 Å². The minimum atomic E-state index is -0.336. The van der Waals surface area contributed by atoms with Gasteiger partial charge in [-0.1, -0.05) is 0 Å². The van der Waals surface area contributed by atoms with Crippen molar-refractivity contribution < 1.29 is 0 Å². The van der Waals surface area contributed by atoms with Gasteiger partial charge in [0.05, 0.1) is 6.07 Å². The van der Waals surface area contributed by atoms with E-state index >= 15 is 0 Å². The molecular weight excluding hydrogens is 232 g/mol. The zero-order valence-corrected chi connectivity index (χ0v) is 10.1. The van der Waals surface area contributed by atoms with Crippen LogP contribution < -0.4 is 17.0 Å². The summed E-state index contributed by atoms with van der Waals surface area (Å²) in [7, 11) is 0. The molecule has 1 aliphatic rings. The summed E-state index contributed by atoms with van der Waals surface area (Å²) >= 11 is 0. The van der Waals surface area contributed by atoms with E-state index in [-0.39, 0.29) is 29.8 Å². The van der Waals surface area contributed by atoms with Crippen LogP contribution in [0.2, 0.25) is 0 Å². The number of nitriles is 1. The van der Waals surface area contributed by atoms with E-state index < -0.39 is 0 Å². The number of rotatable bonds is 5. The van der Waals surface area contributed by atoms with Crippen LogP contribution >= 0.6 is 0 Å². The molecule has 1 aromatic heterocycles. The van der Waals surface area contributed by atoms with E-state index in [2.05, 4.69) is 6.07 Å². The highest BCUT2D eigenvalue weighted by atomic mass is 16.2. The number of aromatic nitrogens is 2. The summed E-state index contributed by atoms with van der Waals surface area (Å²) in [5, 5.41) is 8.76. The lowest BCUT2D eigenvalue weighted by molar-refractivity contribution is 0.406. The lowest BCUT2D eigenvalue weighted by Gasteiger charge is -2.14. The Hall–Kier alpha value is -1.87. The Balaban J connectivity index is 2.30. The summed E-state index contributed by atoms with van der Waals surface area (Å²) in [5.41, 5.74) is 4.66. The number of nitrogens with zero attached hydrogens (tertiary/aromatic N) is 3. The molecule has 6 heteroatoms. The predicted molar refractivity (Wildman–Crippen MR) is 65.9 cm³/mol. The Morgan fingerprint density at radius 2 is 2.17 bits per heavy atom. The van der Waals surface area contributed by atoms with Crippen molar-refractivity contribution in [2.45, 2.75) is 32.4 Å². The third kappa shape index (κ3) is 2.36. The molecule has 0 spiro atoms. The van der Waals surface area contributed by atoms with Gasteiger partial charge in [-0.05, 0) is 12.8 Å². The van der Waals surface area contributed by atoms with Gasteiger partial charge in [-0.3, -0.25) is 13.9 Å². The molecule has 1 saturated carbocycles. The van der Waals surface area contributed by atoms with Crippen molar-refractivity contribution in [3.63, 3.8) is 0 Å². The van der Waals surface area contributed by atoms with E-state index in [1.54, 1.807) is 0 Å². The van der Waals surface area contributed by atoms with Crippen LogP contribution in [0.15, 0.2) is 21.9 Å². The van der Waals surface area contributed by atoms with E-state index in [9.17, 15) is 9.59 Å². The number of hydrogen-bond acceptors (Lipinski definition) is 4. The molecule has 0 bridgehead atoms. The van der Waals surface area contributed by atoms with Gasteiger partial charge in [0.25, 0.3) is 5.56 Å². The summed E-state index contributed by atoms with van der Waals surface area (Å²) < 4.78 is 2.66. The number of hydrogen-bond donors (Lipinski definition) is 1. The van der Waals surface area contributed by atoms with Crippen LogP contribution in [0.5, 0.6) is 0 Å². The average Bonchev–Trinajstić information content (AvgIpc) is 3.09. The van der Waals surface area contributed by atoms with Crippen molar-refractivity contribution in [3.05, 3.63) is 33.1 Å². The highest BCUT2D eigenvalue weighted by Gasteiger charge is 2.42. The first-order valence-electron chi connectivity index (χ1n) is 5.99. The molecular formula is C12H16N4O2. The van der Waals surface area contributed by atoms with Gasteiger partial charge in [-0.2, -0.15) is 5.26 Å². The summed E-state index contributed by atoms with van der Waals surface area (Å²) in [4.78, 5) is 23.6. The van der Waals surface area contributed by atoms with Gasteiger partial charge in [0.15, 0.2) is 0 Å². The molecule has 0 aliphatic heterocycles. The second-order valence-electron chi connectivity index (χ2n) is 4.84. The van der Waals surface area contributed by atoms with Crippen molar-refractivity contribution in [1.29, 1.82) is 5.26 Å². The zero-order valence-electron chi connectivity index (χ0n) is 10.1. The van der Waals surface area contributed by atoms with Crippen LogP contribution in [0.4, 0.5) is 0 Å². The molecule has 18 heavy (non-hydrogen) atoms. The largest absolute Gasteiger partial charge is 0.331 e. The zero-order chi connectivity index (χ0) is 13.2. The molecule has 1 fully saturated rings. The van der Waals surface area contributed by atoms with E-state index in [0.29, 0.717) is 13.0 Å². The van der Waals surface area contributed by atoms with Gasteiger partial charge in [-0.25, -0.2) is 4.79 Å². The van der Waals surface area contributed by atoms with Crippen molar-refractivity contribution in [3.8, 4) is 6.07 Å². The highest BCUT2D eigenvalue weighted by Crippen LogP contribution is 2.49. The molecule has 2 rings (SSSR count). The van der Waals surface area contributed by atoms with Crippen LogP contribution in [-0.4, -0.2) is 15.7 Å². The van der Waals surface area contributed by atoms with Crippen molar-refractivity contribution >= 4 is 0 Å². The first-order chi connectivity index (χ1) is 8.62. The van der Waals surface area contributed by atoms with Gasteiger partial charge in [-0.15, -0.1) is 0 Å². The molecule has 0 radical (unpaired) electrons. The van der Waals surface area contributed by atoms with Crippen molar-refractivity contribution in [1.82, 2.24) is 9.13 Å². The maximum Gasteiger partial charge on any atom is 0.331 e. The Bertz CT molecular complexity index is 589. The fourth-order valence-electron chi connectivity index (χ4n) is 2.11. The van der Waals surface area contributed by atoms with Gasteiger partial charge >= 0.3 is 5.69 Å². The topological polar surface area (TPSA) is 93.8 Å². The van der Waals surface area contributed by atoms with Crippen LogP contribution in [0.3, 0.4) is 0 Å². The van der Waals surface area contributed by atoms with E-state index in [1.807, 2.05) is 0 Å². The Morgan fingerprint density at radius 1 is 1.44 bits per heavy atom. The van der Waals surface area contributed by atoms with E-state index in [4.69, 9.17) is 11.0 Å².